The summed E-state index contributed by atoms with van der Waals surface area (Å²) in [5.41, 5.74) is 0.700. The van der Waals surface area contributed by atoms with Crippen molar-refractivity contribution in [2.75, 3.05) is 19.1 Å². The highest BCUT2D eigenvalue weighted by molar-refractivity contribution is 7.10. The highest BCUT2D eigenvalue weighted by Crippen LogP contribution is 2.44. The summed E-state index contributed by atoms with van der Waals surface area (Å²) < 4.78 is 10.4. The molecule has 158 valence electrons. The number of aliphatic hydroxyl groups excluding tert-OH is 1. The minimum absolute atomic E-state index is 0.0292. The summed E-state index contributed by atoms with van der Waals surface area (Å²) in [4.78, 5) is 28.3. The number of hydrogen-bond acceptors (Lipinski definition) is 6. The molecule has 2 heterocycles. The molecule has 0 radical (unpaired) electrons. The molecule has 3 aromatic rings. The van der Waals surface area contributed by atoms with Crippen molar-refractivity contribution in [2.24, 2.45) is 0 Å². The summed E-state index contributed by atoms with van der Waals surface area (Å²) >= 11 is 7.68. The first-order valence-electron chi connectivity index (χ1n) is 9.28. The maximum atomic E-state index is 13.1. The van der Waals surface area contributed by atoms with Crippen molar-refractivity contribution in [1.29, 1.82) is 0 Å². The second kappa shape index (κ2) is 8.45. The van der Waals surface area contributed by atoms with Crippen LogP contribution in [0.1, 0.15) is 16.5 Å². The molecule has 8 heteroatoms. The molecule has 0 aliphatic carbocycles. The second-order valence-corrected chi connectivity index (χ2v) is 8.11. The quantitative estimate of drug-likeness (QED) is 0.331. The summed E-state index contributed by atoms with van der Waals surface area (Å²) in [5, 5.41) is 13.2. The van der Waals surface area contributed by atoms with Gasteiger partial charge in [-0.2, -0.15) is 0 Å². The van der Waals surface area contributed by atoms with Crippen LogP contribution in [0.3, 0.4) is 0 Å². The van der Waals surface area contributed by atoms with Crippen molar-refractivity contribution >= 4 is 46.1 Å². The van der Waals surface area contributed by atoms with E-state index < -0.39 is 17.7 Å². The molecule has 0 spiro atoms. The van der Waals surface area contributed by atoms with Gasteiger partial charge < -0.3 is 14.6 Å². The summed E-state index contributed by atoms with van der Waals surface area (Å²) in [5.74, 6) is -0.787. The number of ether oxygens (including phenoxy) is 2. The van der Waals surface area contributed by atoms with Crippen LogP contribution in [0.2, 0.25) is 5.02 Å². The Bertz CT molecular complexity index is 1170. The van der Waals surface area contributed by atoms with E-state index >= 15 is 0 Å². The number of ketones is 1. The number of benzene rings is 2. The molecular formula is C23H18ClNO5S. The molecule has 1 N–H and O–H groups in total. The number of halogens is 1. The Morgan fingerprint density at radius 3 is 2.32 bits per heavy atom. The van der Waals surface area contributed by atoms with Gasteiger partial charge in [-0.1, -0.05) is 17.7 Å². The van der Waals surface area contributed by atoms with Gasteiger partial charge in [-0.3, -0.25) is 14.5 Å². The van der Waals surface area contributed by atoms with Crippen LogP contribution in [0.4, 0.5) is 5.69 Å². The molecule has 2 aromatic carbocycles. The molecule has 1 aliphatic rings. The normalized spacial score (nSPS) is 17.8. The van der Waals surface area contributed by atoms with Crippen LogP contribution >= 0.6 is 22.9 Å². The Morgan fingerprint density at radius 1 is 1.03 bits per heavy atom. The monoisotopic (exact) mass is 455 g/mol. The Hall–Kier alpha value is -3.29. The fraction of sp³-hybridized carbons (Fsp3) is 0.130. The number of amides is 1. The van der Waals surface area contributed by atoms with Gasteiger partial charge >= 0.3 is 0 Å². The lowest BCUT2D eigenvalue weighted by molar-refractivity contribution is -0.132. The number of methoxy groups -OCH3 is 2. The molecule has 0 saturated carbocycles. The topological polar surface area (TPSA) is 76.1 Å². The van der Waals surface area contributed by atoms with E-state index in [2.05, 4.69) is 0 Å². The van der Waals surface area contributed by atoms with Gasteiger partial charge in [0.2, 0.25) is 0 Å². The predicted octanol–water partition coefficient (Wildman–Crippen LogP) is 5.05. The fourth-order valence-corrected chi connectivity index (χ4v) is 4.55. The van der Waals surface area contributed by atoms with Crippen LogP contribution in [0.25, 0.3) is 5.76 Å². The van der Waals surface area contributed by atoms with Crippen molar-refractivity contribution in [1.82, 2.24) is 0 Å². The number of carbonyl (C=O) groups is 2. The standard InChI is InChI=1S/C23H18ClNO5S/c1-29-14-7-5-13(6-8-14)25-20(18-4-3-11-31-18)19(22(27)23(25)28)21(26)16-12-15(30-2)9-10-17(16)24/h3-12,20,26H,1-2H3/b21-19-. The van der Waals surface area contributed by atoms with Gasteiger partial charge in [0.1, 0.15) is 23.3 Å². The lowest BCUT2D eigenvalue weighted by Gasteiger charge is -2.24. The maximum absolute atomic E-state index is 13.1. The highest BCUT2D eigenvalue weighted by Gasteiger charge is 2.47. The van der Waals surface area contributed by atoms with Crippen molar-refractivity contribution in [3.8, 4) is 11.5 Å². The third-order valence-corrected chi connectivity index (χ3v) is 6.29. The van der Waals surface area contributed by atoms with Crippen LogP contribution in [-0.4, -0.2) is 31.0 Å². The van der Waals surface area contributed by atoms with E-state index in [-0.39, 0.29) is 21.9 Å². The molecule has 6 nitrogen and oxygen atoms in total. The molecule has 1 aromatic heterocycles. The number of nitrogens with zero attached hydrogens (tertiary/aromatic N) is 1. The predicted molar refractivity (Wildman–Crippen MR) is 120 cm³/mol. The van der Waals surface area contributed by atoms with Gasteiger partial charge in [-0.25, -0.2) is 0 Å². The van der Waals surface area contributed by atoms with E-state index in [0.717, 1.165) is 4.88 Å². The van der Waals surface area contributed by atoms with Crippen molar-refractivity contribution in [2.45, 2.75) is 6.04 Å². The summed E-state index contributed by atoms with van der Waals surface area (Å²) in [6.45, 7) is 0. The minimum Gasteiger partial charge on any atom is -0.507 e. The number of rotatable bonds is 5. The van der Waals surface area contributed by atoms with Gasteiger partial charge in [0.15, 0.2) is 0 Å². The van der Waals surface area contributed by atoms with Gasteiger partial charge in [0.05, 0.1) is 24.8 Å². The Kier molecular flexibility index (Phi) is 5.71. The summed E-state index contributed by atoms with van der Waals surface area (Å²) in [6.07, 6.45) is 0. The molecule has 1 fully saturated rings. The van der Waals surface area contributed by atoms with E-state index in [1.54, 1.807) is 43.5 Å². The van der Waals surface area contributed by atoms with Gasteiger partial charge in [0.25, 0.3) is 11.7 Å². The van der Waals surface area contributed by atoms with Crippen LogP contribution in [0, 0.1) is 0 Å². The molecular weight excluding hydrogens is 438 g/mol. The molecule has 1 amide bonds. The molecule has 1 atom stereocenters. The lowest BCUT2D eigenvalue weighted by atomic mass is 9.99. The van der Waals surface area contributed by atoms with E-state index in [4.69, 9.17) is 21.1 Å². The van der Waals surface area contributed by atoms with Gasteiger partial charge in [-0.05, 0) is 53.9 Å². The van der Waals surface area contributed by atoms with Crippen LogP contribution in [0.5, 0.6) is 11.5 Å². The zero-order valence-electron chi connectivity index (χ0n) is 16.7. The molecule has 1 aliphatic heterocycles. The lowest BCUT2D eigenvalue weighted by Crippen LogP contribution is -2.29. The first-order chi connectivity index (χ1) is 15.0. The Morgan fingerprint density at radius 2 is 1.71 bits per heavy atom. The van der Waals surface area contributed by atoms with E-state index in [9.17, 15) is 14.7 Å². The Labute approximate surface area is 187 Å². The smallest absolute Gasteiger partial charge is 0.300 e. The molecule has 1 saturated heterocycles. The summed E-state index contributed by atoms with van der Waals surface area (Å²) in [6, 6.07) is 14.4. The number of hydrogen-bond donors (Lipinski definition) is 1. The van der Waals surface area contributed by atoms with E-state index in [1.165, 1.54) is 29.4 Å². The van der Waals surface area contributed by atoms with Crippen LogP contribution < -0.4 is 14.4 Å². The number of carbonyl (C=O) groups excluding carboxylic acids is 2. The average molecular weight is 456 g/mol. The average Bonchev–Trinajstić information content (AvgIpc) is 3.41. The van der Waals surface area contributed by atoms with Gasteiger partial charge in [-0.15, -0.1) is 11.3 Å². The minimum atomic E-state index is -0.796. The van der Waals surface area contributed by atoms with E-state index in [1.807, 2.05) is 17.5 Å². The number of Topliss-reactive ketones (excluding diaryl/α,β-unsaturated/α-hetero) is 1. The SMILES string of the molecule is COc1ccc(N2C(=O)C(=O)/C(=C(\O)c3cc(OC)ccc3Cl)C2c2cccs2)cc1. The van der Waals surface area contributed by atoms with Crippen molar-refractivity contribution in [3.05, 3.63) is 81.0 Å². The first kappa shape index (κ1) is 21.0. The number of thiophene rings is 1. The fourth-order valence-electron chi connectivity index (χ4n) is 3.52. The largest absolute Gasteiger partial charge is 0.507 e. The third kappa shape index (κ3) is 3.66. The molecule has 31 heavy (non-hydrogen) atoms. The molecule has 1 unspecified atom stereocenters. The van der Waals surface area contributed by atoms with Crippen LogP contribution in [-0.2, 0) is 9.59 Å². The third-order valence-electron chi connectivity index (χ3n) is 5.04. The van der Waals surface area contributed by atoms with Crippen LogP contribution in [0.15, 0.2) is 65.6 Å². The molecule has 4 rings (SSSR count). The number of aliphatic hydroxyl groups is 1. The van der Waals surface area contributed by atoms with Crippen molar-refractivity contribution in [3.63, 3.8) is 0 Å². The maximum Gasteiger partial charge on any atom is 0.300 e. The van der Waals surface area contributed by atoms with Gasteiger partial charge in [0, 0.05) is 16.1 Å². The van der Waals surface area contributed by atoms with Crippen molar-refractivity contribution < 1.29 is 24.2 Å². The zero-order valence-corrected chi connectivity index (χ0v) is 18.2. The van der Waals surface area contributed by atoms with E-state index in [0.29, 0.717) is 17.2 Å². The number of anilines is 1. The second-order valence-electron chi connectivity index (χ2n) is 6.73. The summed E-state index contributed by atoms with van der Waals surface area (Å²) in [7, 11) is 3.03. The highest BCUT2D eigenvalue weighted by atomic mass is 35.5. The zero-order chi connectivity index (χ0) is 22.1. The first-order valence-corrected chi connectivity index (χ1v) is 10.5. The Balaban J connectivity index is 1.92. The molecule has 0 bridgehead atoms.